The highest BCUT2D eigenvalue weighted by Gasteiger charge is 2.23. The molecule has 0 saturated carbocycles. The van der Waals surface area contributed by atoms with Crippen LogP contribution in [0.1, 0.15) is 22.8 Å². The van der Waals surface area contributed by atoms with Crippen molar-refractivity contribution in [2.24, 2.45) is 0 Å². The fourth-order valence-corrected chi connectivity index (χ4v) is 2.27. The largest absolute Gasteiger partial charge is 0.497 e. The third kappa shape index (κ3) is 4.84. The highest BCUT2D eigenvalue weighted by Crippen LogP contribution is 2.12. The van der Waals surface area contributed by atoms with E-state index >= 15 is 0 Å². The zero-order chi connectivity index (χ0) is 17.4. The minimum Gasteiger partial charge on any atom is -0.497 e. The molecule has 0 aromatic heterocycles. The Kier molecular flexibility index (Phi) is 6.37. The topological polar surface area (TPSA) is 64.6 Å². The number of carbonyl (C=O) groups is 2. The van der Waals surface area contributed by atoms with E-state index in [-0.39, 0.29) is 12.5 Å². The summed E-state index contributed by atoms with van der Waals surface area (Å²) in [7, 11) is 1.56. The first-order chi connectivity index (χ1) is 11.6. The van der Waals surface area contributed by atoms with Crippen LogP contribution in [0.3, 0.4) is 0 Å². The molecule has 1 amide bonds. The Morgan fingerprint density at radius 2 is 1.71 bits per heavy atom. The van der Waals surface area contributed by atoms with Crippen molar-refractivity contribution in [2.45, 2.75) is 19.4 Å². The molecule has 0 radical (unpaired) electrons. The van der Waals surface area contributed by atoms with Gasteiger partial charge in [-0.3, -0.25) is 4.79 Å². The van der Waals surface area contributed by atoms with Crippen molar-refractivity contribution in [2.75, 3.05) is 13.7 Å². The molecule has 1 unspecified atom stereocenters. The first kappa shape index (κ1) is 17.5. The summed E-state index contributed by atoms with van der Waals surface area (Å²) in [6.07, 6.45) is 0.377. The van der Waals surface area contributed by atoms with E-state index in [1.165, 1.54) is 0 Å². The molecule has 126 valence electrons. The van der Waals surface area contributed by atoms with Gasteiger partial charge in [0.2, 0.25) is 0 Å². The first-order valence-electron chi connectivity index (χ1n) is 7.79. The van der Waals surface area contributed by atoms with Crippen molar-refractivity contribution in [3.63, 3.8) is 0 Å². The molecule has 5 nitrogen and oxygen atoms in total. The number of benzene rings is 2. The maximum Gasteiger partial charge on any atom is 0.328 e. The van der Waals surface area contributed by atoms with Crippen LogP contribution in [0.2, 0.25) is 0 Å². The molecule has 0 aliphatic rings. The standard InChI is InChI=1S/C19H21NO4/c1-3-24-19(22)17(13-14-7-5-4-6-8-14)20-18(21)15-9-11-16(23-2)12-10-15/h4-12,17H,3,13H2,1-2H3,(H,20,21). The lowest BCUT2D eigenvalue weighted by Gasteiger charge is -2.17. The molecule has 2 aromatic carbocycles. The second-order valence-electron chi connectivity index (χ2n) is 5.20. The quantitative estimate of drug-likeness (QED) is 0.794. The van der Waals surface area contributed by atoms with Crippen molar-refractivity contribution in [3.05, 3.63) is 65.7 Å². The summed E-state index contributed by atoms with van der Waals surface area (Å²) in [5.74, 6) is -0.104. The lowest BCUT2D eigenvalue weighted by atomic mass is 10.1. The van der Waals surface area contributed by atoms with Gasteiger partial charge in [0.25, 0.3) is 5.91 Å². The van der Waals surface area contributed by atoms with Crippen LogP contribution in [-0.2, 0) is 16.0 Å². The average Bonchev–Trinajstić information content (AvgIpc) is 2.62. The fraction of sp³-hybridized carbons (Fsp3) is 0.263. The van der Waals surface area contributed by atoms with Crippen molar-refractivity contribution >= 4 is 11.9 Å². The highest BCUT2D eigenvalue weighted by molar-refractivity contribution is 5.96. The van der Waals surface area contributed by atoms with Crippen LogP contribution < -0.4 is 10.1 Å². The van der Waals surface area contributed by atoms with E-state index in [0.717, 1.165) is 5.56 Å². The number of nitrogens with one attached hydrogen (secondary N) is 1. The number of amides is 1. The van der Waals surface area contributed by atoms with Crippen LogP contribution in [0.5, 0.6) is 5.75 Å². The van der Waals surface area contributed by atoms with Crippen molar-refractivity contribution in [1.29, 1.82) is 0 Å². The van der Waals surface area contributed by atoms with E-state index in [2.05, 4.69) is 5.32 Å². The number of hydrogen-bond acceptors (Lipinski definition) is 4. The molecule has 0 aliphatic heterocycles. The smallest absolute Gasteiger partial charge is 0.328 e. The SMILES string of the molecule is CCOC(=O)C(Cc1ccccc1)NC(=O)c1ccc(OC)cc1. The fourth-order valence-electron chi connectivity index (χ4n) is 2.27. The Morgan fingerprint density at radius 1 is 1.04 bits per heavy atom. The van der Waals surface area contributed by atoms with Crippen LogP contribution in [0.15, 0.2) is 54.6 Å². The van der Waals surface area contributed by atoms with Gasteiger partial charge in [0, 0.05) is 12.0 Å². The van der Waals surface area contributed by atoms with E-state index in [9.17, 15) is 9.59 Å². The van der Waals surface area contributed by atoms with Gasteiger partial charge < -0.3 is 14.8 Å². The molecule has 2 rings (SSSR count). The van der Waals surface area contributed by atoms with Gasteiger partial charge >= 0.3 is 5.97 Å². The lowest BCUT2D eigenvalue weighted by molar-refractivity contribution is -0.145. The van der Waals surface area contributed by atoms with Gasteiger partial charge in [-0.2, -0.15) is 0 Å². The summed E-state index contributed by atoms with van der Waals surface area (Å²) in [6, 6.07) is 15.5. The Bertz CT molecular complexity index is 668. The molecule has 0 aliphatic carbocycles. The van der Waals surface area contributed by atoms with E-state index in [1.807, 2.05) is 30.3 Å². The molecule has 0 spiro atoms. The number of hydrogen-bond donors (Lipinski definition) is 1. The van der Waals surface area contributed by atoms with Crippen LogP contribution >= 0.6 is 0 Å². The summed E-state index contributed by atoms with van der Waals surface area (Å²) in [6.45, 7) is 2.01. The second-order valence-corrected chi connectivity index (χ2v) is 5.20. The van der Waals surface area contributed by atoms with Gasteiger partial charge in [0.15, 0.2) is 0 Å². The van der Waals surface area contributed by atoms with Crippen molar-refractivity contribution < 1.29 is 19.1 Å². The van der Waals surface area contributed by atoms with E-state index in [0.29, 0.717) is 17.7 Å². The number of esters is 1. The van der Waals surface area contributed by atoms with Crippen molar-refractivity contribution in [3.8, 4) is 5.75 Å². The Labute approximate surface area is 141 Å². The monoisotopic (exact) mass is 327 g/mol. The molecular formula is C19H21NO4. The van der Waals surface area contributed by atoms with Gasteiger partial charge in [-0.15, -0.1) is 0 Å². The van der Waals surface area contributed by atoms with Crippen LogP contribution in [0.4, 0.5) is 0 Å². The number of rotatable bonds is 7. The number of ether oxygens (including phenoxy) is 2. The van der Waals surface area contributed by atoms with Crippen LogP contribution in [-0.4, -0.2) is 31.6 Å². The Balaban J connectivity index is 2.11. The third-order valence-corrected chi connectivity index (χ3v) is 3.51. The molecule has 0 saturated heterocycles. The summed E-state index contributed by atoms with van der Waals surface area (Å²) >= 11 is 0. The average molecular weight is 327 g/mol. The molecule has 1 N–H and O–H groups in total. The Morgan fingerprint density at radius 3 is 2.29 bits per heavy atom. The van der Waals surface area contributed by atoms with E-state index in [4.69, 9.17) is 9.47 Å². The van der Waals surface area contributed by atoms with Gasteiger partial charge in [-0.1, -0.05) is 30.3 Å². The molecule has 0 fully saturated rings. The lowest BCUT2D eigenvalue weighted by Crippen LogP contribution is -2.43. The maximum atomic E-state index is 12.4. The predicted molar refractivity (Wildman–Crippen MR) is 91.0 cm³/mol. The van der Waals surface area contributed by atoms with E-state index < -0.39 is 12.0 Å². The first-order valence-corrected chi connectivity index (χ1v) is 7.79. The molecule has 2 aromatic rings. The van der Waals surface area contributed by atoms with Crippen molar-refractivity contribution in [1.82, 2.24) is 5.32 Å². The zero-order valence-electron chi connectivity index (χ0n) is 13.8. The molecular weight excluding hydrogens is 306 g/mol. The molecule has 24 heavy (non-hydrogen) atoms. The maximum absolute atomic E-state index is 12.4. The molecule has 0 heterocycles. The molecule has 1 atom stereocenters. The van der Waals surface area contributed by atoms with Gasteiger partial charge in [-0.25, -0.2) is 4.79 Å². The number of methoxy groups -OCH3 is 1. The predicted octanol–water partition coefficient (Wildman–Crippen LogP) is 2.60. The number of carbonyl (C=O) groups excluding carboxylic acids is 2. The summed E-state index contributed by atoms with van der Waals surface area (Å²) < 4.78 is 10.1. The Hall–Kier alpha value is -2.82. The zero-order valence-corrected chi connectivity index (χ0v) is 13.8. The second kappa shape index (κ2) is 8.72. The minimum atomic E-state index is -0.734. The summed E-state index contributed by atoms with van der Waals surface area (Å²) in [5, 5.41) is 2.75. The van der Waals surface area contributed by atoms with E-state index in [1.54, 1.807) is 38.3 Å². The van der Waals surface area contributed by atoms with Gasteiger partial charge in [-0.05, 0) is 36.8 Å². The van der Waals surface area contributed by atoms with Crippen LogP contribution in [0.25, 0.3) is 0 Å². The summed E-state index contributed by atoms with van der Waals surface area (Å²) in [5.41, 5.74) is 1.41. The molecule has 0 bridgehead atoms. The normalized spacial score (nSPS) is 11.4. The highest BCUT2D eigenvalue weighted by atomic mass is 16.5. The minimum absolute atomic E-state index is 0.266. The van der Waals surface area contributed by atoms with Gasteiger partial charge in [0.1, 0.15) is 11.8 Å². The van der Waals surface area contributed by atoms with Crippen LogP contribution in [0, 0.1) is 0 Å². The molecule has 5 heteroatoms. The van der Waals surface area contributed by atoms with Gasteiger partial charge in [0.05, 0.1) is 13.7 Å². The summed E-state index contributed by atoms with van der Waals surface area (Å²) in [4.78, 5) is 24.6. The third-order valence-electron chi connectivity index (χ3n) is 3.51.